The second-order valence-electron chi connectivity index (χ2n) is 6.92. The van der Waals surface area contributed by atoms with Gasteiger partial charge in [-0.2, -0.15) is 26.3 Å². The molecule has 0 bridgehead atoms. The number of nitrogens with one attached hydrogen (secondary N) is 2. The highest BCUT2D eigenvalue weighted by atomic mass is 32.2. The fourth-order valence-electron chi connectivity index (χ4n) is 3.01. The molecule has 1 fully saturated rings. The maximum atomic E-state index is 12.7. The molecule has 0 saturated carbocycles. The molecule has 1 aliphatic heterocycles. The van der Waals surface area contributed by atoms with E-state index in [4.69, 9.17) is 0 Å². The number of piperidine rings is 1. The van der Waals surface area contributed by atoms with E-state index in [1.807, 2.05) is 0 Å². The van der Waals surface area contributed by atoms with Gasteiger partial charge in [-0.1, -0.05) is 6.07 Å². The van der Waals surface area contributed by atoms with E-state index in [2.05, 4.69) is 5.32 Å². The van der Waals surface area contributed by atoms with Crippen molar-refractivity contribution in [3.63, 3.8) is 0 Å². The Kier molecular flexibility index (Phi) is 7.74. The van der Waals surface area contributed by atoms with Crippen molar-refractivity contribution in [1.82, 2.24) is 14.9 Å². The molecule has 1 aromatic rings. The number of sulfonamides is 1. The lowest BCUT2D eigenvalue weighted by Crippen LogP contribution is -2.44. The molecule has 0 radical (unpaired) electrons. The number of hydrogen-bond acceptors (Lipinski definition) is 4. The van der Waals surface area contributed by atoms with Gasteiger partial charge in [0.2, 0.25) is 0 Å². The van der Waals surface area contributed by atoms with Crippen molar-refractivity contribution in [2.45, 2.75) is 24.5 Å². The van der Waals surface area contributed by atoms with Crippen LogP contribution in [-0.4, -0.2) is 57.5 Å². The summed E-state index contributed by atoms with van der Waals surface area (Å²) in [5.41, 5.74) is -6.36. The van der Waals surface area contributed by atoms with Gasteiger partial charge in [0, 0.05) is 25.2 Å². The molecule has 0 unspecified atom stereocenters. The van der Waals surface area contributed by atoms with E-state index in [0.717, 1.165) is 18.2 Å². The molecule has 0 spiro atoms. The summed E-state index contributed by atoms with van der Waals surface area (Å²) in [5, 5.41) is 2.60. The molecule has 2 N–H and O–H groups in total. The standard InChI is InChI=1S/C17H21F6N3O3S/c18-16(19,20)14-3-1-2-13(10-14)15(27)24-11-12-4-7-26(8-5-12)9-6-25-30(28,29)17(21,22)23/h1-3,10,12,25H,4-9,11H2,(H,24,27). The SMILES string of the molecule is O=C(NCC1CCN(CCNS(=O)(=O)C(F)(F)F)CC1)c1cccc(C(F)(F)F)c1. The van der Waals surface area contributed by atoms with Crippen molar-refractivity contribution in [3.05, 3.63) is 35.4 Å². The fourth-order valence-corrected chi connectivity index (χ4v) is 3.53. The number of likely N-dealkylation sites (tertiary alicyclic amines) is 1. The molecular formula is C17H21F6N3O3S. The van der Waals surface area contributed by atoms with Crippen LogP contribution in [-0.2, 0) is 16.2 Å². The van der Waals surface area contributed by atoms with E-state index in [0.29, 0.717) is 25.9 Å². The summed E-state index contributed by atoms with van der Waals surface area (Å²) in [6.07, 6.45) is -3.33. The number of amides is 1. The van der Waals surface area contributed by atoms with E-state index in [1.54, 1.807) is 4.90 Å². The molecule has 2 rings (SSSR count). The first kappa shape index (κ1) is 24.4. The molecule has 0 aliphatic carbocycles. The minimum absolute atomic E-state index is 0.0582. The Morgan fingerprint density at radius 1 is 1.10 bits per heavy atom. The zero-order valence-electron chi connectivity index (χ0n) is 15.7. The van der Waals surface area contributed by atoms with Crippen LogP contribution >= 0.6 is 0 Å². The van der Waals surface area contributed by atoms with E-state index in [9.17, 15) is 39.6 Å². The Bertz CT molecular complexity index is 834. The van der Waals surface area contributed by atoms with E-state index in [1.165, 1.54) is 10.8 Å². The predicted octanol–water partition coefficient (Wildman–Crippen LogP) is 2.59. The number of carbonyl (C=O) groups is 1. The highest BCUT2D eigenvalue weighted by molar-refractivity contribution is 7.90. The van der Waals surface area contributed by atoms with Gasteiger partial charge in [0.25, 0.3) is 5.91 Å². The Balaban J connectivity index is 1.73. The number of carbonyl (C=O) groups excluding carboxylic acids is 1. The van der Waals surface area contributed by atoms with Crippen LogP contribution in [0.1, 0.15) is 28.8 Å². The van der Waals surface area contributed by atoms with E-state index < -0.39 is 33.2 Å². The zero-order chi connectivity index (χ0) is 22.6. The minimum Gasteiger partial charge on any atom is -0.352 e. The predicted molar refractivity (Wildman–Crippen MR) is 95.9 cm³/mol. The fraction of sp³-hybridized carbons (Fsp3) is 0.588. The number of benzene rings is 1. The largest absolute Gasteiger partial charge is 0.511 e. The van der Waals surface area contributed by atoms with Crippen molar-refractivity contribution in [2.75, 3.05) is 32.7 Å². The molecule has 1 saturated heterocycles. The molecule has 0 atom stereocenters. The molecule has 1 aliphatic rings. The molecule has 170 valence electrons. The molecule has 6 nitrogen and oxygen atoms in total. The van der Waals surface area contributed by atoms with Crippen LogP contribution in [0.5, 0.6) is 0 Å². The van der Waals surface area contributed by atoms with Crippen LogP contribution in [0.4, 0.5) is 26.3 Å². The van der Waals surface area contributed by atoms with E-state index in [-0.39, 0.29) is 31.1 Å². The molecular weight excluding hydrogens is 440 g/mol. The molecule has 1 heterocycles. The minimum atomic E-state index is -5.36. The van der Waals surface area contributed by atoms with Gasteiger partial charge >= 0.3 is 21.7 Å². The van der Waals surface area contributed by atoms with Crippen LogP contribution in [0.15, 0.2) is 24.3 Å². The summed E-state index contributed by atoms with van der Waals surface area (Å²) in [5.74, 6) is -0.562. The summed E-state index contributed by atoms with van der Waals surface area (Å²) in [7, 11) is -5.36. The van der Waals surface area contributed by atoms with Crippen LogP contribution in [0.25, 0.3) is 0 Å². The second kappa shape index (κ2) is 9.52. The van der Waals surface area contributed by atoms with Gasteiger partial charge in [-0.25, -0.2) is 13.1 Å². The summed E-state index contributed by atoms with van der Waals surface area (Å²) < 4.78 is 98.3. The van der Waals surface area contributed by atoms with Crippen molar-refractivity contribution >= 4 is 15.9 Å². The summed E-state index contributed by atoms with van der Waals surface area (Å²) in [6, 6.07) is 4.10. The maximum Gasteiger partial charge on any atom is 0.511 e. The van der Waals surface area contributed by atoms with Crippen LogP contribution in [0.2, 0.25) is 0 Å². The Morgan fingerprint density at radius 2 is 1.73 bits per heavy atom. The monoisotopic (exact) mass is 461 g/mol. The Labute approximate surface area is 169 Å². The molecule has 13 heteroatoms. The summed E-state index contributed by atoms with van der Waals surface area (Å²) in [6.45, 7) is 0.983. The number of alkyl halides is 6. The molecule has 30 heavy (non-hydrogen) atoms. The summed E-state index contributed by atoms with van der Waals surface area (Å²) in [4.78, 5) is 13.9. The summed E-state index contributed by atoms with van der Waals surface area (Å²) >= 11 is 0. The Morgan fingerprint density at radius 3 is 2.30 bits per heavy atom. The Hall–Kier alpha value is -1.86. The van der Waals surface area contributed by atoms with Crippen molar-refractivity contribution < 1.29 is 39.6 Å². The topological polar surface area (TPSA) is 78.5 Å². The second-order valence-corrected chi connectivity index (χ2v) is 8.68. The van der Waals surface area contributed by atoms with Gasteiger partial charge in [0.05, 0.1) is 5.56 Å². The number of hydrogen-bond donors (Lipinski definition) is 2. The average Bonchev–Trinajstić information content (AvgIpc) is 2.65. The van der Waals surface area contributed by atoms with Gasteiger partial charge in [0.1, 0.15) is 0 Å². The van der Waals surface area contributed by atoms with Gasteiger partial charge in [-0.15, -0.1) is 0 Å². The first-order valence-electron chi connectivity index (χ1n) is 9.03. The highest BCUT2D eigenvalue weighted by Crippen LogP contribution is 2.29. The maximum absolute atomic E-state index is 12.7. The number of halogens is 6. The number of nitrogens with zero attached hydrogens (tertiary/aromatic N) is 1. The first-order valence-corrected chi connectivity index (χ1v) is 10.5. The zero-order valence-corrected chi connectivity index (χ0v) is 16.5. The van der Waals surface area contributed by atoms with Crippen LogP contribution in [0.3, 0.4) is 0 Å². The molecule has 1 amide bonds. The van der Waals surface area contributed by atoms with Crippen molar-refractivity contribution in [1.29, 1.82) is 0 Å². The van der Waals surface area contributed by atoms with Gasteiger partial charge in [-0.05, 0) is 50.0 Å². The first-order chi connectivity index (χ1) is 13.8. The van der Waals surface area contributed by atoms with Crippen LogP contribution in [0, 0.1) is 5.92 Å². The van der Waals surface area contributed by atoms with Gasteiger partial charge in [0.15, 0.2) is 0 Å². The smallest absolute Gasteiger partial charge is 0.352 e. The lowest BCUT2D eigenvalue weighted by Gasteiger charge is -2.32. The van der Waals surface area contributed by atoms with Crippen LogP contribution < -0.4 is 10.0 Å². The molecule has 0 aromatic heterocycles. The van der Waals surface area contributed by atoms with Gasteiger partial charge < -0.3 is 10.2 Å². The van der Waals surface area contributed by atoms with E-state index >= 15 is 0 Å². The van der Waals surface area contributed by atoms with Crippen molar-refractivity contribution in [2.24, 2.45) is 5.92 Å². The third-order valence-electron chi connectivity index (χ3n) is 4.74. The van der Waals surface area contributed by atoms with Gasteiger partial charge in [-0.3, -0.25) is 4.79 Å². The number of rotatable bonds is 7. The lowest BCUT2D eigenvalue weighted by molar-refractivity contribution is -0.137. The average molecular weight is 461 g/mol. The molecule has 1 aromatic carbocycles. The third-order valence-corrected chi connectivity index (χ3v) is 5.93. The van der Waals surface area contributed by atoms with Crippen molar-refractivity contribution in [3.8, 4) is 0 Å². The quantitative estimate of drug-likeness (QED) is 0.612. The third kappa shape index (κ3) is 6.84. The highest BCUT2D eigenvalue weighted by Gasteiger charge is 2.45. The lowest BCUT2D eigenvalue weighted by atomic mass is 9.96. The normalized spacial score (nSPS) is 17.1.